The SMILES string of the molecule is Cc1ccc2c(c1)c1cc(Cl)ccc1n2CCC(=N)N. The number of hydrogen-bond donors (Lipinski definition) is 2. The molecule has 3 rings (SSSR count). The molecular formula is C16H16ClN3. The average Bonchev–Trinajstić information content (AvgIpc) is 2.69. The zero-order valence-electron chi connectivity index (χ0n) is 11.3. The normalized spacial score (nSPS) is 11.3. The molecule has 0 radical (unpaired) electrons. The number of hydrogen-bond acceptors (Lipinski definition) is 1. The number of aryl methyl sites for hydroxylation is 2. The molecule has 0 aliphatic carbocycles. The maximum atomic E-state index is 7.42. The monoisotopic (exact) mass is 285 g/mol. The van der Waals surface area contributed by atoms with Gasteiger partial charge in [0.1, 0.15) is 0 Å². The molecule has 3 N–H and O–H groups in total. The first-order chi connectivity index (χ1) is 9.56. The molecule has 3 nitrogen and oxygen atoms in total. The Kier molecular flexibility index (Phi) is 3.14. The van der Waals surface area contributed by atoms with E-state index in [2.05, 4.69) is 29.7 Å². The van der Waals surface area contributed by atoms with Gasteiger partial charge in [-0.3, -0.25) is 5.41 Å². The van der Waals surface area contributed by atoms with Crippen LogP contribution in [-0.2, 0) is 6.54 Å². The highest BCUT2D eigenvalue weighted by molar-refractivity contribution is 6.31. The van der Waals surface area contributed by atoms with E-state index in [0.29, 0.717) is 13.0 Å². The first kappa shape index (κ1) is 13.0. The van der Waals surface area contributed by atoms with E-state index in [-0.39, 0.29) is 5.84 Å². The van der Waals surface area contributed by atoms with Crippen LogP contribution in [0.3, 0.4) is 0 Å². The van der Waals surface area contributed by atoms with Crippen molar-refractivity contribution in [1.82, 2.24) is 4.57 Å². The highest BCUT2D eigenvalue weighted by atomic mass is 35.5. The number of nitrogens with one attached hydrogen (secondary N) is 1. The van der Waals surface area contributed by atoms with E-state index < -0.39 is 0 Å². The molecule has 0 saturated heterocycles. The van der Waals surface area contributed by atoms with Gasteiger partial charge in [0.2, 0.25) is 0 Å². The fraction of sp³-hybridized carbons (Fsp3) is 0.188. The zero-order chi connectivity index (χ0) is 14.3. The van der Waals surface area contributed by atoms with E-state index in [1.807, 2.05) is 18.2 Å². The summed E-state index contributed by atoms with van der Waals surface area (Å²) in [5, 5.41) is 10.5. The highest BCUT2D eigenvalue weighted by Gasteiger charge is 2.11. The Balaban J connectivity index is 2.31. The summed E-state index contributed by atoms with van der Waals surface area (Å²) in [5.41, 5.74) is 9.02. The molecule has 0 saturated carbocycles. The zero-order valence-corrected chi connectivity index (χ0v) is 12.0. The number of nitrogens with two attached hydrogens (primary N) is 1. The summed E-state index contributed by atoms with van der Waals surface area (Å²) in [6.45, 7) is 2.79. The standard InChI is InChI=1S/C16H16ClN3/c1-10-2-4-14-12(8-10)13-9-11(17)3-5-15(13)20(14)7-6-16(18)19/h2-5,8-9H,6-7H2,1H3,(H3,18,19). The maximum Gasteiger partial charge on any atom is 0.0923 e. The minimum atomic E-state index is 0.209. The van der Waals surface area contributed by atoms with Crippen molar-refractivity contribution in [1.29, 1.82) is 5.41 Å². The first-order valence-corrected chi connectivity index (χ1v) is 6.95. The van der Waals surface area contributed by atoms with E-state index in [1.54, 1.807) is 0 Å². The number of fused-ring (bicyclic) bond motifs is 3. The molecule has 102 valence electrons. The lowest BCUT2D eigenvalue weighted by atomic mass is 10.1. The van der Waals surface area contributed by atoms with Crippen molar-refractivity contribution in [3.8, 4) is 0 Å². The summed E-state index contributed by atoms with van der Waals surface area (Å²) in [5.74, 6) is 0.209. The van der Waals surface area contributed by atoms with E-state index >= 15 is 0 Å². The van der Waals surface area contributed by atoms with E-state index in [0.717, 1.165) is 21.4 Å². The number of rotatable bonds is 3. The third-order valence-electron chi connectivity index (χ3n) is 3.59. The Hall–Kier alpha value is -2.00. The van der Waals surface area contributed by atoms with Gasteiger partial charge in [0.15, 0.2) is 0 Å². The molecule has 2 aromatic carbocycles. The lowest BCUT2D eigenvalue weighted by Crippen LogP contribution is -2.12. The number of nitrogens with zero attached hydrogens (tertiary/aromatic N) is 1. The summed E-state index contributed by atoms with van der Waals surface area (Å²) >= 11 is 6.13. The minimum Gasteiger partial charge on any atom is -0.388 e. The molecule has 0 spiro atoms. The van der Waals surface area contributed by atoms with Crippen molar-refractivity contribution in [3.05, 3.63) is 47.0 Å². The number of halogens is 1. The summed E-state index contributed by atoms with van der Waals surface area (Å²) in [6, 6.07) is 12.3. The molecule has 3 aromatic rings. The van der Waals surface area contributed by atoms with Crippen LogP contribution in [0.25, 0.3) is 21.8 Å². The van der Waals surface area contributed by atoms with Crippen molar-refractivity contribution in [2.75, 3.05) is 0 Å². The van der Waals surface area contributed by atoms with Gasteiger partial charge in [-0.05, 0) is 37.3 Å². The van der Waals surface area contributed by atoms with Crippen LogP contribution in [0.1, 0.15) is 12.0 Å². The van der Waals surface area contributed by atoms with Crippen molar-refractivity contribution >= 4 is 39.2 Å². The summed E-state index contributed by atoms with van der Waals surface area (Å²) in [4.78, 5) is 0. The smallest absolute Gasteiger partial charge is 0.0923 e. The Morgan fingerprint density at radius 3 is 2.50 bits per heavy atom. The van der Waals surface area contributed by atoms with Gasteiger partial charge >= 0.3 is 0 Å². The van der Waals surface area contributed by atoms with Crippen LogP contribution in [-0.4, -0.2) is 10.4 Å². The number of amidine groups is 1. The van der Waals surface area contributed by atoms with Crippen LogP contribution < -0.4 is 5.73 Å². The van der Waals surface area contributed by atoms with Crippen LogP contribution in [0.15, 0.2) is 36.4 Å². The second-order valence-electron chi connectivity index (χ2n) is 5.11. The number of aromatic nitrogens is 1. The molecule has 20 heavy (non-hydrogen) atoms. The van der Waals surface area contributed by atoms with Crippen LogP contribution in [0.4, 0.5) is 0 Å². The third kappa shape index (κ3) is 2.14. The van der Waals surface area contributed by atoms with Gasteiger partial charge in [0.05, 0.1) is 5.84 Å². The van der Waals surface area contributed by atoms with Crippen molar-refractivity contribution < 1.29 is 0 Å². The van der Waals surface area contributed by atoms with Crippen LogP contribution in [0.5, 0.6) is 0 Å². The lowest BCUT2D eigenvalue weighted by molar-refractivity contribution is 0.775. The van der Waals surface area contributed by atoms with E-state index in [4.69, 9.17) is 22.7 Å². The van der Waals surface area contributed by atoms with Crippen LogP contribution in [0, 0.1) is 12.3 Å². The Morgan fingerprint density at radius 1 is 1.15 bits per heavy atom. The molecule has 0 unspecified atom stereocenters. The van der Waals surface area contributed by atoms with Gasteiger partial charge in [-0.1, -0.05) is 23.2 Å². The minimum absolute atomic E-state index is 0.209. The van der Waals surface area contributed by atoms with Gasteiger partial charge in [-0.15, -0.1) is 0 Å². The van der Waals surface area contributed by atoms with Crippen LogP contribution >= 0.6 is 11.6 Å². The van der Waals surface area contributed by atoms with Crippen molar-refractivity contribution in [3.63, 3.8) is 0 Å². The molecule has 0 atom stereocenters. The van der Waals surface area contributed by atoms with Gasteiger partial charge in [0, 0.05) is 39.8 Å². The Labute approximate surface area is 122 Å². The Morgan fingerprint density at radius 2 is 1.80 bits per heavy atom. The summed E-state index contributed by atoms with van der Waals surface area (Å²) < 4.78 is 2.21. The Bertz CT molecular complexity index is 758. The first-order valence-electron chi connectivity index (χ1n) is 6.57. The molecule has 0 aliphatic heterocycles. The summed E-state index contributed by atoms with van der Waals surface area (Å²) in [6.07, 6.45) is 0.551. The molecule has 4 heteroatoms. The van der Waals surface area contributed by atoms with Gasteiger partial charge < -0.3 is 10.3 Å². The fourth-order valence-corrected chi connectivity index (χ4v) is 2.84. The van der Waals surface area contributed by atoms with E-state index in [1.165, 1.54) is 10.9 Å². The molecule has 0 fully saturated rings. The molecule has 1 aromatic heterocycles. The van der Waals surface area contributed by atoms with E-state index in [9.17, 15) is 0 Å². The largest absolute Gasteiger partial charge is 0.388 e. The van der Waals surface area contributed by atoms with Gasteiger partial charge in [-0.25, -0.2) is 0 Å². The second-order valence-corrected chi connectivity index (χ2v) is 5.55. The van der Waals surface area contributed by atoms with Gasteiger partial charge in [-0.2, -0.15) is 0 Å². The van der Waals surface area contributed by atoms with Gasteiger partial charge in [0.25, 0.3) is 0 Å². The topological polar surface area (TPSA) is 54.8 Å². The molecule has 0 bridgehead atoms. The molecular weight excluding hydrogens is 270 g/mol. The third-order valence-corrected chi connectivity index (χ3v) is 3.82. The highest BCUT2D eigenvalue weighted by Crippen LogP contribution is 2.31. The quantitative estimate of drug-likeness (QED) is 0.553. The lowest BCUT2D eigenvalue weighted by Gasteiger charge is -2.06. The molecule has 0 aliphatic rings. The average molecular weight is 286 g/mol. The second kappa shape index (κ2) is 4.84. The predicted octanol–water partition coefficient (Wildman–Crippen LogP) is 4.08. The van der Waals surface area contributed by atoms with Crippen molar-refractivity contribution in [2.24, 2.45) is 5.73 Å². The number of benzene rings is 2. The van der Waals surface area contributed by atoms with Crippen LogP contribution in [0.2, 0.25) is 5.02 Å². The molecule has 0 amide bonds. The fourth-order valence-electron chi connectivity index (χ4n) is 2.66. The maximum absolute atomic E-state index is 7.42. The van der Waals surface area contributed by atoms with Crippen molar-refractivity contribution in [2.45, 2.75) is 19.9 Å². The summed E-state index contributed by atoms with van der Waals surface area (Å²) in [7, 11) is 0. The molecule has 1 heterocycles. The predicted molar refractivity (Wildman–Crippen MR) is 85.7 cm³/mol.